The van der Waals surface area contributed by atoms with Gasteiger partial charge in [-0.05, 0) is 119 Å². The molecule has 0 bridgehead atoms. The first-order chi connectivity index (χ1) is 27.8. The van der Waals surface area contributed by atoms with Crippen LogP contribution in [0.4, 0.5) is 32.0 Å². The molecule has 0 spiro atoms. The Morgan fingerprint density at radius 3 is 2.34 bits per heavy atom. The van der Waals surface area contributed by atoms with E-state index in [9.17, 15) is 50.8 Å². The maximum absolute atomic E-state index is 14.3. The third kappa shape index (κ3) is 10.1. The van der Waals surface area contributed by atoms with E-state index in [1.807, 2.05) is 15.9 Å². The minimum absolute atomic E-state index is 0.0359. The molecule has 4 aliphatic rings. The van der Waals surface area contributed by atoms with Gasteiger partial charge in [-0.3, -0.25) is 34.3 Å². The number of nitrogens with one attached hydrogen (secondary N) is 1. The summed E-state index contributed by atoms with van der Waals surface area (Å²) >= 11 is 5.71. The number of benzene rings is 2. The molecule has 2 atom stereocenters. The molecule has 4 fully saturated rings. The molecule has 2 aromatic rings. The minimum atomic E-state index is -4.80. The van der Waals surface area contributed by atoms with Gasteiger partial charge in [0.1, 0.15) is 11.6 Å². The van der Waals surface area contributed by atoms with Crippen LogP contribution in [0.2, 0.25) is 0 Å². The van der Waals surface area contributed by atoms with Crippen LogP contribution in [0.3, 0.4) is 0 Å². The average Bonchev–Trinajstić information content (AvgIpc) is 3.34. The monoisotopic (exact) mass is 846 g/mol. The van der Waals surface area contributed by atoms with Crippen LogP contribution in [0.1, 0.15) is 87.5 Å². The van der Waals surface area contributed by atoms with Crippen molar-refractivity contribution in [3.05, 3.63) is 64.7 Å². The van der Waals surface area contributed by atoms with Gasteiger partial charge in [0.25, 0.3) is 5.91 Å². The number of hydrogen-bond acceptors (Lipinski definition) is 8. The molecule has 318 valence electrons. The molecule has 3 heterocycles. The van der Waals surface area contributed by atoms with Crippen molar-refractivity contribution >= 4 is 46.5 Å². The van der Waals surface area contributed by atoms with Gasteiger partial charge in [0.15, 0.2) is 10.9 Å². The summed E-state index contributed by atoms with van der Waals surface area (Å²) in [5.41, 5.74) is -1.39. The Hall–Kier alpha value is -4.40. The second kappa shape index (κ2) is 17.7. The van der Waals surface area contributed by atoms with Crippen molar-refractivity contribution in [2.24, 2.45) is 11.8 Å². The fourth-order valence-corrected chi connectivity index (χ4v) is 9.69. The normalized spacial score (nSPS) is 24.7. The van der Waals surface area contributed by atoms with Crippen molar-refractivity contribution < 1.29 is 45.5 Å². The van der Waals surface area contributed by atoms with Crippen LogP contribution in [0.15, 0.2) is 42.5 Å². The molecule has 59 heavy (non-hydrogen) atoms. The van der Waals surface area contributed by atoms with E-state index >= 15 is 0 Å². The highest BCUT2D eigenvalue weighted by Gasteiger charge is 2.53. The Morgan fingerprint density at radius 2 is 1.68 bits per heavy atom. The highest BCUT2D eigenvalue weighted by Crippen LogP contribution is 2.42. The van der Waals surface area contributed by atoms with Crippen molar-refractivity contribution in [3.8, 4) is 6.07 Å². The summed E-state index contributed by atoms with van der Waals surface area (Å²) in [5.74, 6) is -1.47. The van der Waals surface area contributed by atoms with E-state index in [0.717, 1.165) is 41.9 Å². The summed E-state index contributed by atoms with van der Waals surface area (Å²) < 4.78 is 84.2. The summed E-state index contributed by atoms with van der Waals surface area (Å²) in [6.07, 6.45) is -3.82. The molecule has 2 aromatic carbocycles. The molecular formula is C42H48F6N6O4S. The van der Waals surface area contributed by atoms with Gasteiger partial charge >= 0.3 is 12.4 Å². The number of thiocarbonyl (C=S) groups is 1. The number of alkyl halides is 6. The Kier molecular flexibility index (Phi) is 13.2. The van der Waals surface area contributed by atoms with Crippen LogP contribution in [0, 0.1) is 23.2 Å². The highest BCUT2D eigenvalue weighted by molar-refractivity contribution is 7.80. The summed E-state index contributed by atoms with van der Waals surface area (Å²) in [5, 5.41) is 11.7. The van der Waals surface area contributed by atoms with Crippen molar-refractivity contribution in [3.63, 3.8) is 0 Å². The van der Waals surface area contributed by atoms with Crippen LogP contribution >= 0.6 is 12.2 Å². The van der Waals surface area contributed by atoms with E-state index in [1.54, 1.807) is 38.1 Å². The Bertz CT molecular complexity index is 1990. The zero-order valence-corrected chi connectivity index (χ0v) is 33.8. The third-order valence-electron chi connectivity index (χ3n) is 12.2. The number of anilines is 1. The fourth-order valence-electron chi connectivity index (χ4n) is 9.12. The van der Waals surface area contributed by atoms with E-state index in [2.05, 4.69) is 5.32 Å². The first-order valence-electron chi connectivity index (χ1n) is 20.0. The molecule has 3 saturated heterocycles. The maximum Gasteiger partial charge on any atom is 0.417 e. The third-order valence-corrected chi connectivity index (χ3v) is 12.6. The van der Waals surface area contributed by atoms with Gasteiger partial charge in [0, 0.05) is 44.4 Å². The van der Waals surface area contributed by atoms with Crippen molar-refractivity contribution in [2.45, 2.75) is 108 Å². The van der Waals surface area contributed by atoms with Crippen molar-refractivity contribution in [1.29, 1.82) is 5.26 Å². The van der Waals surface area contributed by atoms with Crippen LogP contribution in [-0.4, -0.2) is 99.8 Å². The molecule has 0 aromatic heterocycles. The number of hydrogen-bond donors (Lipinski definition) is 1. The quantitative estimate of drug-likeness (QED) is 0.144. The first-order valence-corrected chi connectivity index (χ1v) is 20.4. The van der Waals surface area contributed by atoms with Gasteiger partial charge in [0.05, 0.1) is 29.4 Å². The topological polar surface area (TPSA) is 117 Å². The number of ketones is 1. The maximum atomic E-state index is 14.3. The summed E-state index contributed by atoms with van der Waals surface area (Å²) in [6, 6.07) is 9.87. The average molecular weight is 847 g/mol. The van der Waals surface area contributed by atoms with Gasteiger partial charge in [-0.2, -0.15) is 31.6 Å². The Labute approximate surface area is 344 Å². The van der Waals surface area contributed by atoms with Crippen LogP contribution in [0.5, 0.6) is 0 Å². The minimum Gasteiger partial charge on any atom is -0.331 e. The zero-order valence-electron chi connectivity index (χ0n) is 33.0. The van der Waals surface area contributed by atoms with Crippen LogP contribution < -0.4 is 10.2 Å². The van der Waals surface area contributed by atoms with E-state index in [4.69, 9.17) is 12.2 Å². The van der Waals surface area contributed by atoms with Crippen molar-refractivity contribution in [2.75, 3.05) is 37.6 Å². The van der Waals surface area contributed by atoms with Gasteiger partial charge in [-0.15, -0.1) is 0 Å². The summed E-state index contributed by atoms with van der Waals surface area (Å²) in [7, 11) is 0. The Morgan fingerprint density at radius 1 is 0.966 bits per heavy atom. The molecule has 3 amide bonds. The number of piperidine rings is 1. The standard InChI is InChI=1S/C42H48F6N6O4S/c1-40(2)38(58)53(32-14-10-30(23-49)34(22-32)41(43,44)45)39(59)54(40)31-12-8-26(9-13-31)7-4-16-51-17-18-52(35(25-51)42(46,47)48)24-33(55)21-28-6-3-5-27(19-28)20-29-11-15-36(56)50-37(29)57/h3,5-6,10,14,19,22,26,29,31,35H,4,7-9,11-13,15-18,20-21,24-25H2,1-2H3,(H,50,56,57)/t26?,29?,31?,35-/m1/s1. The SMILES string of the molecule is CC1(C)C(=O)N(c2ccc(C#N)c(C(F)(F)F)c2)C(=S)N1C1CCC(CCCN2CCN(CC(=O)Cc3cccc(CC4CCC(=O)NC4=O)c3)[C@@H](C(F)(F)F)C2)CC1. The first kappa shape index (κ1) is 44.2. The van der Waals surface area contributed by atoms with Crippen LogP contribution in [0.25, 0.3) is 0 Å². The van der Waals surface area contributed by atoms with E-state index in [1.165, 1.54) is 11.0 Å². The van der Waals surface area contributed by atoms with E-state index in [0.29, 0.717) is 56.7 Å². The number of rotatable bonds is 12. The van der Waals surface area contributed by atoms with Gasteiger partial charge < -0.3 is 9.80 Å². The lowest BCUT2D eigenvalue weighted by atomic mass is 9.82. The van der Waals surface area contributed by atoms with Gasteiger partial charge in [0.2, 0.25) is 11.8 Å². The molecule has 3 aliphatic heterocycles. The van der Waals surface area contributed by atoms with Crippen LogP contribution in [-0.2, 0) is 38.2 Å². The molecule has 1 unspecified atom stereocenters. The molecule has 1 aliphatic carbocycles. The lowest BCUT2D eigenvalue weighted by Gasteiger charge is -2.42. The lowest BCUT2D eigenvalue weighted by molar-refractivity contribution is -0.197. The molecular weight excluding hydrogens is 799 g/mol. The van der Waals surface area contributed by atoms with E-state index in [-0.39, 0.29) is 72.8 Å². The highest BCUT2D eigenvalue weighted by atomic mass is 32.1. The number of halogens is 6. The molecule has 17 heteroatoms. The second-order valence-corrected chi connectivity index (χ2v) is 17.1. The van der Waals surface area contributed by atoms with Gasteiger partial charge in [-0.25, -0.2) is 0 Å². The predicted molar refractivity (Wildman–Crippen MR) is 210 cm³/mol. The second-order valence-electron chi connectivity index (χ2n) is 16.7. The number of carbonyl (C=O) groups is 4. The number of Topliss-reactive ketones (excluding diaryl/α,β-unsaturated/α-hetero) is 1. The molecule has 6 rings (SSSR count). The molecule has 1 N–H and O–H groups in total. The largest absolute Gasteiger partial charge is 0.417 e. The molecule has 1 saturated carbocycles. The summed E-state index contributed by atoms with van der Waals surface area (Å²) in [6.45, 7) is 3.78. The Balaban J connectivity index is 0.971. The number of carbonyl (C=O) groups excluding carboxylic acids is 4. The summed E-state index contributed by atoms with van der Waals surface area (Å²) in [4.78, 5) is 56.4. The van der Waals surface area contributed by atoms with Gasteiger partial charge in [-0.1, -0.05) is 24.3 Å². The number of amides is 3. The number of imide groups is 1. The van der Waals surface area contributed by atoms with Crippen molar-refractivity contribution in [1.82, 2.24) is 20.0 Å². The number of nitriles is 1. The molecule has 10 nitrogen and oxygen atoms in total. The lowest BCUT2D eigenvalue weighted by Crippen LogP contribution is -2.60. The molecule has 0 radical (unpaired) electrons. The van der Waals surface area contributed by atoms with E-state index < -0.39 is 41.0 Å². The zero-order chi connectivity index (χ0) is 42.9. The number of nitrogens with zero attached hydrogens (tertiary/aromatic N) is 5. The fraction of sp³-hybridized carbons (Fsp3) is 0.571. The predicted octanol–water partition coefficient (Wildman–Crippen LogP) is 6.58. The smallest absolute Gasteiger partial charge is 0.331 e. The number of piperazine rings is 1.